The van der Waals surface area contributed by atoms with Crippen molar-refractivity contribution in [3.8, 4) is 0 Å². The zero-order valence-corrected chi connectivity index (χ0v) is 14.7. The summed E-state index contributed by atoms with van der Waals surface area (Å²) in [6.07, 6.45) is -0.513. The van der Waals surface area contributed by atoms with E-state index in [4.69, 9.17) is 4.74 Å². The quantitative estimate of drug-likeness (QED) is 0.693. The van der Waals surface area contributed by atoms with Gasteiger partial charge in [-0.05, 0) is 31.7 Å². The molecular weight excluding hydrogens is 342 g/mol. The minimum atomic E-state index is -3.50. The van der Waals surface area contributed by atoms with Crippen LogP contribution in [0.2, 0.25) is 0 Å². The molecule has 7 nitrogen and oxygen atoms in total. The van der Waals surface area contributed by atoms with Gasteiger partial charge in [-0.1, -0.05) is 12.1 Å². The zero-order valence-electron chi connectivity index (χ0n) is 13.0. The number of amides is 1. The molecule has 1 aliphatic rings. The summed E-state index contributed by atoms with van der Waals surface area (Å²) in [5.41, 5.74) is 0.716. The predicted molar refractivity (Wildman–Crippen MR) is 89.1 cm³/mol. The Balaban J connectivity index is 0.00000264. The first kappa shape index (κ1) is 19.9. The molecule has 0 spiro atoms. The van der Waals surface area contributed by atoms with Crippen molar-refractivity contribution in [2.24, 2.45) is 0 Å². The van der Waals surface area contributed by atoms with Gasteiger partial charge >= 0.3 is 0 Å². The summed E-state index contributed by atoms with van der Waals surface area (Å²) in [5, 5.41) is 5.94. The standard InChI is InChI=1S/C14H21N3O4S.ClH/c1-10(17-14(18)13-9-16-6-7-21-13)11-4-3-5-12(8-11)22(19,20)15-2;/h3-5,8,10,13,15-16H,6-7,9H2,1-2H3,(H,17,18);1H. The van der Waals surface area contributed by atoms with Crippen molar-refractivity contribution in [1.82, 2.24) is 15.4 Å². The Hall–Kier alpha value is -1.19. The highest BCUT2D eigenvalue weighted by Gasteiger charge is 2.23. The third-order valence-electron chi connectivity index (χ3n) is 3.52. The van der Waals surface area contributed by atoms with Crippen LogP contribution in [0.25, 0.3) is 0 Å². The summed E-state index contributed by atoms with van der Waals surface area (Å²) < 4.78 is 31.3. The zero-order chi connectivity index (χ0) is 16.2. The van der Waals surface area contributed by atoms with Crippen LogP contribution in [0, 0.1) is 0 Å². The molecule has 2 unspecified atom stereocenters. The second-order valence-corrected chi connectivity index (χ2v) is 6.96. The molecule has 0 saturated carbocycles. The first-order chi connectivity index (χ1) is 10.4. The van der Waals surface area contributed by atoms with Gasteiger partial charge in [-0.3, -0.25) is 4.79 Å². The second kappa shape index (κ2) is 8.60. The van der Waals surface area contributed by atoms with E-state index < -0.39 is 16.1 Å². The predicted octanol–water partition coefficient (Wildman–Crippen LogP) is 0.182. The summed E-state index contributed by atoms with van der Waals surface area (Å²) in [7, 11) is -2.14. The molecule has 0 bridgehead atoms. The van der Waals surface area contributed by atoms with Crippen molar-refractivity contribution in [3.63, 3.8) is 0 Å². The van der Waals surface area contributed by atoms with Gasteiger partial charge in [0.2, 0.25) is 10.0 Å². The fourth-order valence-corrected chi connectivity index (χ4v) is 2.98. The van der Waals surface area contributed by atoms with Crippen molar-refractivity contribution < 1.29 is 17.9 Å². The van der Waals surface area contributed by atoms with Gasteiger partial charge in [0.25, 0.3) is 5.91 Å². The minimum Gasteiger partial charge on any atom is -0.366 e. The lowest BCUT2D eigenvalue weighted by atomic mass is 10.1. The maximum atomic E-state index is 12.1. The average molecular weight is 364 g/mol. The molecule has 1 heterocycles. The summed E-state index contributed by atoms with van der Waals surface area (Å²) in [5.74, 6) is -0.207. The van der Waals surface area contributed by atoms with Gasteiger partial charge in [0.1, 0.15) is 6.10 Å². The van der Waals surface area contributed by atoms with E-state index in [0.717, 1.165) is 6.54 Å². The number of carbonyl (C=O) groups excluding carboxylic acids is 1. The van der Waals surface area contributed by atoms with Crippen molar-refractivity contribution in [3.05, 3.63) is 29.8 Å². The molecular formula is C14H22ClN3O4S. The van der Waals surface area contributed by atoms with Gasteiger partial charge in [-0.2, -0.15) is 0 Å². The van der Waals surface area contributed by atoms with Crippen LogP contribution >= 0.6 is 12.4 Å². The van der Waals surface area contributed by atoms with Crippen LogP contribution < -0.4 is 15.4 Å². The van der Waals surface area contributed by atoms with Gasteiger partial charge in [0, 0.05) is 13.1 Å². The van der Waals surface area contributed by atoms with Crippen molar-refractivity contribution >= 4 is 28.3 Å². The largest absolute Gasteiger partial charge is 0.366 e. The Morgan fingerprint density at radius 2 is 2.17 bits per heavy atom. The molecule has 0 aromatic heterocycles. The van der Waals surface area contributed by atoms with E-state index >= 15 is 0 Å². The van der Waals surface area contributed by atoms with Crippen LogP contribution in [-0.2, 0) is 19.6 Å². The van der Waals surface area contributed by atoms with E-state index in [9.17, 15) is 13.2 Å². The normalized spacial score (nSPS) is 19.5. The maximum Gasteiger partial charge on any atom is 0.250 e. The number of carbonyl (C=O) groups is 1. The molecule has 0 radical (unpaired) electrons. The first-order valence-corrected chi connectivity index (χ1v) is 8.58. The fraction of sp³-hybridized carbons (Fsp3) is 0.500. The molecule has 9 heteroatoms. The lowest BCUT2D eigenvalue weighted by Gasteiger charge is -2.24. The molecule has 1 saturated heterocycles. The molecule has 3 N–H and O–H groups in total. The highest BCUT2D eigenvalue weighted by Crippen LogP contribution is 2.17. The summed E-state index contributed by atoms with van der Waals surface area (Å²) >= 11 is 0. The summed E-state index contributed by atoms with van der Waals surface area (Å²) in [6, 6.07) is 6.18. The Morgan fingerprint density at radius 3 is 2.78 bits per heavy atom. The number of hydrogen-bond donors (Lipinski definition) is 3. The monoisotopic (exact) mass is 363 g/mol. The Morgan fingerprint density at radius 1 is 1.43 bits per heavy atom. The molecule has 1 fully saturated rings. The number of rotatable bonds is 5. The molecule has 2 rings (SSSR count). The SMILES string of the molecule is CNS(=O)(=O)c1cccc(C(C)NC(=O)C2CNCCO2)c1.Cl. The number of nitrogens with one attached hydrogen (secondary N) is 3. The topological polar surface area (TPSA) is 96.5 Å². The lowest BCUT2D eigenvalue weighted by Crippen LogP contribution is -2.48. The molecule has 130 valence electrons. The van der Waals surface area contributed by atoms with E-state index in [0.29, 0.717) is 18.7 Å². The van der Waals surface area contributed by atoms with Gasteiger partial charge in [-0.25, -0.2) is 13.1 Å². The third-order valence-corrected chi connectivity index (χ3v) is 4.93. The Bertz CT molecular complexity index is 633. The van der Waals surface area contributed by atoms with Crippen LogP contribution in [0.5, 0.6) is 0 Å². The molecule has 1 aromatic rings. The van der Waals surface area contributed by atoms with E-state index in [2.05, 4.69) is 15.4 Å². The Kier molecular flexibility index (Phi) is 7.43. The van der Waals surface area contributed by atoms with Gasteiger partial charge < -0.3 is 15.4 Å². The van der Waals surface area contributed by atoms with Gasteiger partial charge in [0.05, 0.1) is 17.5 Å². The highest BCUT2D eigenvalue weighted by atomic mass is 35.5. The average Bonchev–Trinajstić information content (AvgIpc) is 2.55. The number of morpholine rings is 1. The molecule has 1 aromatic carbocycles. The summed E-state index contributed by atoms with van der Waals surface area (Å²) in [6.45, 7) is 3.53. The van der Waals surface area contributed by atoms with E-state index in [1.165, 1.54) is 13.1 Å². The van der Waals surface area contributed by atoms with Gasteiger partial charge in [0.15, 0.2) is 0 Å². The van der Waals surface area contributed by atoms with E-state index in [1.54, 1.807) is 25.1 Å². The van der Waals surface area contributed by atoms with Gasteiger partial charge in [-0.15, -0.1) is 12.4 Å². The maximum absolute atomic E-state index is 12.1. The molecule has 23 heavy (non-hydrogen) atoms. The number of benzene rings is 1. The second-order valence-electron chi connectivity index (χ2n) is 5.07. The molecule has 1 amide bonds. The van der Waals surface area contributed by atoms with Crippen LogP contribution in [0.1, 0.15) is 18.5 Å². The Labute approximate surface area is 142 Å². The number of halogens is 1. The first-order valence-electron chi connectivity index (χ1n) is 7.10. The highest BCUT2D eigenvalue weighted by molar-refractivity contribution is 7.89. The third kappa shape index (κ3) is 5.15. The van der Waals surface area contributed by atoms with E-state index in [1.807, 2.05) is 0 Å². The van der Waals surface area contributed by atoms with Crippen LogP contribution in [0.15, 0.2) is 29.2 Å². The number of sulfonamides is 1. The summed E-state index contributed by atoms with van der Waals surface area (Å²) in [4.78, 5) is 12.3. The molecule has 0 aliphatic carbocycles. The van der Waals surface area contributed by atoms with Crippen LogP contribution in [0.3, 0.4) is 0 Å². The minimum absolute atomic E-state index is 0. The fourth-order valence-electron chi connectivity index (χ4n) is 2.19. The van der Waals surface area contributed by atoms with Crippen LogP contribution in [0.4, 0.5) is 0 Å². The van der Waals surface area contributed by atoms with Crippen molar-refractivity contribution in [1.29, 1.82) is 0 Å². The number of hydrogen-bond acceptors (Lipinski definition) is 5. The molecule has 1 aliphatic heterocycles. The molecule has 2 atom stereocenters. The van der Waals surface area contributed by atoms with E-state index in [-0.39, 0.29) is 29.3 Å². The van der Waals surface area contributed by atoms with Crippen molar-refractivity contribution in [2.45, 2.75) is 24.0 Å². The number of ether oxygens (including phenoxy) is 1. The van der Waals surface area contributed by atoms with Crippen LogP contribution in [-0.4, -0.2) is 47.2 Å². The lowest BCUT2D eigenvalue weighted by molar-refractivity contribution is -0.134. The smallest absolute Gasteiger partial charge is 0.250 e. The van der Waals surface area contributed by atoms with Crippen molar-refractivity contribution in [2.75, 3.05) is 26.7 Å².